The molecule has 0 saturated carbocycles. The second kappa shape index (κ2) is 4.82. The summed E-state index contributed by atoms with van der Waals surface area (Å²) in [4.78, 5) is 18.9. The number of aromatic nitrogens is 4. The van der Waals surface area contributed by atoms with Crippen LogP contribution >= 0.6 is 0 Å². The molecule has 0 unspecified atom stereocenters. The fourth-order valence-electron chi connectivity index (χ4n) is 1.75. The number of imidazole rings is 2. The number of hydrogen-bond acceptors (Lipinski definition) is 3. The monoisotopic (exact) mass is 234 g/mol. The summed E-state index contributed by atoms with van der Waals surface area (Å²) in [6, 6.07) is 0. The Morgan fingerprint density at radius 3 is 2.94 bits per heavy atom. The van der Waals surface area contributed by atoms with Crippen molar-refractivity contribution in [1.29, 1.82) is 0 Å². The van der Waals surface area contributed by atoms with Gasteiger partial charge in [-0.05, 0) is 13.3 Å². The van der Waals surface area contributed by atoms with Gasteiger partial charge >= 0.3 is 5.97 Å². The number of aryl methyl sites for hydroxylation is 2. The normalized spacial score (nSPS) is 10.6. The molecule has 0 aliphatic carbocycles. The van der Waals surface area contributed by atoms with Gasteiger partial charge < -0.3 is 14.2 Å². The topological polar surface area (TPSA) is 72.9 Å². The average molecular weight is 234 g/mol. The van der Waals surface area contributed by atoms with Crippen LogP contribution in [0.5, 0.6) is 0 Å². The lowest BCUT2D eigenvalue weighted by atomic mass is 10.3. The van der Waals surface area contributed by atoms with Gasteiger partial charge in [-0.25, -0.2) is 14.8 Å². The Hall–Kier alpha value is -2.11. The van der Waals surface area contributed by atoms with Crippen LogP contribution in [-0.4, -0.2) is 30.2 Å². The molecular weight excluding hydrogens is 220 g/mol. The molecular formula is C11H14N4O2. The zero-order valence-corrected chi connectivity index (χ0v) is 9.58. The van der Waals surface area contributed by atoms with Crippen LogP contribution in [0, 0.1) is 6.92 Å². The number of aromatic carboxylic acids is 1. The van der Waals surface area contributed by atoms with Crippen LogP contribution in [0.25, 0.3) is 0 Å². The Balaban J connectivity index is 1.99. The molecule has 0 aliphatic rings. The quantitative estimate of drug-likeness (QED) is 0.843. The van der Waals surface area contributed by atoms with Gasteiger partial charge in [0.05, 0.1) is 12.5 Å². The third kappa shape index (κ3) is 2.52. The van der Waals surface area contributed by atoms with E-state index in [0.717, 1.165) is 18.8 Å². The first-order valence-corrected chi connectivity index (χ1v) is 5.39. The highest BCUT2D eigenvalue weighted by atomic mass is 16.4. The van der Waals surface area contributed by atoms with E-state index in [4.69, 9.17) is 5.11 Å². The summed E-state index contributed by atoms with van der Waals surface area (Å²) in [6.07, 6.45) is 7.60. The van der Waals surface area contributed by atoms with E-state index >= 15 is 0 Å². The summed E-state index contributed by atoms with van der Waals surface area (Å²) < 4.78 is 3.69. The van der Waals surface area contributed by atoms with E-state index in [9.17, 15) is 4.79 Å². The number of carbonyl (C=O) groups is 1. The van der Waals surface area contributed by atoms with Gasteiger partial charge in [0.15, 0.2) is 0 Å². The largest absolute Gasteiger partial charge is 0.477 e. The summed E-state index contributed by atoms with van der Waals surface area (Å²) in [6.45, 7) is 3.27. The first-order chi connectivity index (χ1) is 8.18. The van der Waals surface area contributed by atoms with Crippen molar-refractivity contribution in [3.8, 4) is 0 Å². The van der Waals surface area contributed by atoms with E-state index in [1.54, 1.807) is 17.1 Å². The molecule has 17 heavy (non-hydrogen) atoms. The Bertz CT molecular complexity index is 502. The minimum atomic E-state index is -0.937. The fourth-order valence-corrected chi connectivity index (χ4v) is 1.75. The van der Waals surface area contributed by atoms with Crippen LogP contribution in [-0.2, 0) is 13.1 Å². The van der Waals surface area contributed by atoms with Crippen molar-refractivity contribution in [2.75, 3.05) is 0 Å². The Labute approximate surface area is 98.5 Å². The summed E-state index contributed by atoms with van der Waals surface area (Å²) >= 11 is 0. The van der Waals surface area contributed by atoms with E-state index in [-0.39, 0.29) is 5.69 Å². The summed E-state index contributed by atoms with van der Waals surface area (Å²) in [7, 11) is 0. The minimum absolute atomic E-state index is 0.244. The van der Waals surface area contributed by atoms with Crippen molar-refractivity contribution >= 4 is 5.97 Å². The number of carboxylic acid groups (broad SMARTS) is 1. The van der Waals surface area contributed by atoms with Gasteiger partial charge in [0.1, 0.15) is 11.5 Å². The predicted octanol–water partition coefficient (Wildman–Crippen LogP) is 1.18. The van der Waals surface area contributed by atoms with E-state index in [1.165, 1.54) is 6.20 Å². The first-order valence-electron chi connectivity index (χ1n) is 5.39. The molecule has 90 valence electrons. The van der Waals surface area contributed by atoms with Crippen LogP contribution in [0.4, 0.5) is 0 Å². The Morgan fingerprint density at radius 1 is 1.47 bits per heavy atom. The van der Waals surface area contributed by atoms with Crippen LogP contribution < -0.4 is 0 Å². The Kier molecular flexibility index (Phi) is 3.22. The Morgan fingerprint density at radius 2 is 2.29 bits per heavy atom. The van der Waals surface area contributed by atoms with Crippen LogP contribution in [0.15, 0.2) is 24.9 Å². The predicted molar refractivity (Wildman–Crippen MR) is 60.8 cm³/mol. The van der Waals surface area contributed by atoms with Crippen LogP contribution in [0.2, 0.25) is 0 Å². The summed E-state index contributed by atoms with van der Waals surface area (Å²) in [5.41, 5.74) is 0.244. The second-order valence-corrected chi connectivity index (χ2v) is 3.80. The van der Waals surface area contributed by atoms with Crippen molar-refractivity contribution in [3.63, 3.8) is 0 Å². The third-order valence-corrected chi connectivity index (χ3v) is 2.63. The number of nitrogens with zero attached hydrogens (tertiary/aromatic N) is 4. The molecule has 2 rings (SSSR count). The van der Waals surface area contributed by atoms with Gasteiger partial charge in [-0.2, -0.15) is 0 Å². The molecule has 0 amide bonds. The molecule has 0 saturated heterocycles. The van der Waals surface area contributed by atoms with Gasteiger partial charge in [-0.1, -0.05) is 0 Å². The van der Waals surface area contributed by atoms with Crippen molar-refractivity contribution in [2.45, 2.75) is 26.4 Å². The number of hydrogen-bond donors (Lipinski definition) is 1. The van der Waals surface area contributed by atoms with Crippen LogP contribution in [0.3, 0.4) is 0 Å². The maximum atomic E-state index is 11.0. The molecule has 2 aromatic heterocycles. The number of carboxylic acids is 1. The van der Waals surface area contributed by atoms with Crippen LogP contribution in [0.1, 0.15) is 22.7 Å². The lowest BCUT2D eigenvalue weighted by Gasteiger charge is -2.08. The lowest BCUT2D eigenvalue weighted by Crippen LogP contribution is -2.11. The van der Waals surface area contributed by atoms with E-state index < -0.39 is 5.97 Å². The molecule has 0 radical (unpaired) electrons. The van der Waals surface area contributed by atoms with Gasteiger partial charge in [0, 0.05) is 25.5 Å². The standard InChI is InChI=1S/C11H14N4O2/c1-9-13-7-10(11(16)17)15(9)5-2-4-14-6-3-12-8-14/h3,6-8H,2,4-5H2,1H3,(H,16,17). The van der Waals surface area contributed by atoms with Crippen molar-refractivity contribution in [3.05, 3.63) is 36.4 Å². The molecule has 0 bridgehead atoms. The highest BCUT2D eigenvalue weighted by molar-refractivity contribution is 5.85. The smallest absolute Gasteiger partial charge is 0.354 e. The average Bonchev–Trinajstić information content (AvgIpc) is 2.89. The lowest BCUT2D eigenvalue weighted by molar-refractivity contribution is 0.0684. The van der Waals surface area contributed by atoms with Gasteiger partial charge in [0.25, 0.3) is 0 Å². The second-order valence-electron chi connectivity index (χ2n) is 3.80. The maximum absolute atomic E-state index is 11.0. The molecule has 2 aromatic rings. The van der Waals surface area contributed by atoms with Crippen molar-refractivity contribution in [1.82, 2.24) is 19.1 Å². The zero-order chi connectivity index (χ0) is 12.3. The molecule has 1 N–H and O–H groups in total. The van der Waals surface area contributed by atoms with Gasteiger partial charge in [-0.15, -0.1) is 0 Å². The number of rotatable bonds is 5. The minimum Gasteiger partial charge on any atom is -0.477 e. The van der Waals surface area contributed by atoms with Crippen molar-refractivity contribution < 1.29 is 9.90 Å². The van der Waals surface area contributed by atoms with Gasteiger partial charge in [-0.3, -0.25) is 0 Å². The zero-order valence-electron chi connectivity index (χ0n) is 9.58. The fraction of sp³-hybridized carbons (Fsp3) is 0.364. The highest BCUT2D eigenvalue weighted by Gasteiger charge is 2.12. The molecule has 2 heterocycles. The first kappa shape index (κ1) is 11.4. The molecule has 0 spiro atoms. The van der Waals surface area contributed by atoms with E-state index in [0.29, 0.717) is 6.54 Å². The highest BCUT2D eigenvalue weighted by Crippen LogP contribution is 2.06. The van der Waals surface area contributed by atoms with E-state index in [1.807, 2.05) is 17.7 Å². The maximum Gasteiger partial charge on any atom is 0.354 e. The molecule has 0 atom stereocenters. The molecule has 6 heteroatoms. The molecule has 0 fully saturated rings. The SMILES string of the molecule is Cc1ncc(C(=O)O)n1CCCn1ccnc1. The molecule has 0 aromatic carbocycles. The van der Waals surface area contributed by atoms with E-state index in [2.05, 4.69) is 9.97 Å². The van der Waals surface area contributed by atoms with Gasteiger partial charge in [0.2, 0.25) is 0 Å². The molecule has 6 nitrogen and oxygen atoms in total. The molecule has 0 aliphatic heterocycles. The summed E-state index contributed by atoms with van der Waals surface area (Å²) in [5, 5.41) is 8.99. The summed E-state index contributed by atoms with van der Waals surface area (Å²) in [5.74, 6) is -0.207. The van der Waals surface area contributed by atoms with Crippen molar-refractivity contribution in [2.24, 2.45) is 0 Å². The third-order valence-electron chi connectivity index (χ3n) is 2.63.